The van der Waals surface area contributed by atoms with Crippen LogP contribution in [0.3, 0.4) is 0 Å². The molecule has 13 fully saturated rings. The molecule has 0 aromatic carbocycles. The van der Waals surface area contributed by atoms with Crippen molar-refractivity contribution in [3.8, 4) is 0 Å². The molecule has 4 unspecified atom stereocenters. The van der Waals surface area contributed by atoms with Crippen molar-refractivity contribution in [2.75, 3.05) is 26.3 Å². The average Bonchev–Trinajstić information content (AvgIpc) is 1.42. The van der Waals surface area contributed by atoms with E-state index in [1.165, 1.54) is 32.1 Å². The highest BCUT2D eigenvalue weighted by molar-refractivity contribution is 5.91. The summed E-state index contributed by atoms with van der Waals surface area (Å²) in [6, 6.07) is 0. The topological polar surface area (TPSA) is 307 Å². The maximum absolute atomic E-state index is 14.9. The van der Waals surface area contributed by atoms with Gasteiger partial charge >= 0.3 is 17.9 Å². The van der Waals surface area contributed by atoms with Crippen LogP contribution in [0, 0.1) is 161 Å². The van der Waals surface area contributed by atoms with E-state index >= 15 is 0 Å². The number of rotatable bonds is 40. The van der Waals surface area contributed by atoms with E-state index in [-0.39, 0.29) is 147 Å². The maximum Gasteiger partial charge on any atom is 0.303 e. The summed E-state index contributed by atoms with van der Waals surface area (Å²) in [4.78, 5) is 79.1. The summed E-state index contributed by atoms with van der Waals surface area (Å²) in [5.74, 6) is 4.42. The van der Waals surface area contributed by atoms with Crippen LogP contribution < -0.4 is 10.6 Å². The first-order chi connectivity index (χ1) is 57.8. The minimum atomic E-state index is -0.933. The van der Waals surface area contributed by atoms with Gasteiger partial charge in [-0.1, -0.05) is 147 Å². The van der Waals surface area contributed by atoms with Crippen LogP contribution >= 0.6 is 0 Å². The Morgan fingerprint density at radius 2 is 0.738 bits per heavy atom. The number of ketones is 1. The maximum atomic E-state index is 14.9. The molecule has 18 nitrogen and oxygen atoms in total. The summed E-state index contributed by atoms with van der Waals surface area (Å²) in [5, 5.41) is 95.6. The normalized spacial score (nSPS) is 45.1. The molecular formula is C104H174N2O16. The Bertz CT molecular complexity index is 3380. The number of fused-ring (bicyclic) bond motifs is 15. The third kappa shape index (κ3) is 19.3. The molecule has 13 aliphatic rings. The van der Waals surface area contributed by atoms with Gasteiger partial charge in [-0.3, -0.25) is 28.8 Å². The summed E-state index contributed by atoms with van der Waals surface area (Å²) >= 11 is 0. The lowest BCUT2D eigenvalue weighted by atomic mass is 9.42. The molecule has 13 saturated carbocycles. The van der Waals surface area contributed by atoms with E-state index in [1.807, 2.05) is 20.8 Å². The Hall–Kier alpha value is -3.26. The lowest BCUT2D eigenvalue weighted by Gasteiger charge is -2.64. The van der Waals surface area contributed by atoms with Crippen molar-refractivity contribution in [2.24, 2.45) is 161 Å². The molecule has 10 N–H and O–H groups in total. The number of aliphatic carboxylic acids is 3. The average molecular weight is 1710 g/mol. The minimum absolute atomic E-state index is 0.0276. The Kier molecular flexibility index (Phi) is 31.1. The van der Waals surface area contributed by atoms with Crippen LogP contribution in [0.25, 0.3) is 0 Å². The Labute approximate surface area is 736 Å². The predicted molar refractivity (Wildman–Crippen MR) is 477 cm³/mol. The summed E-state index contributed by atoms with van der Waals surface area (Å²) in [5.41, 5.74) is -3.13. The van der Waals surface area contributed by atoms with Gasteiger partial charge in [-0.15, -0.1) is 0 Å². The first-order valence-electron chi connectivity index (χ1n) is 51.2. The summed E-state index contributed by atoms with van der Waals surface area (Å²) < 4.78 is 13.4. The van der Waals surface area contributed by atoms with Gasteiger partial charge < -0.3 is 61.0 Å². The van der Waals surface area contributed by atoms with Crippen LogP contribution in [0.4, 0.5) is 0 Å². The van der Waals surface area contributed by atoms with Crippen molar-refractivity contribution >= 4 is 35.5 Å². The molecule has 13 aliphatic carbocycles. The van der Waals surface area contributed by atoms with Gasteiger partial charge in [-0.2, -0.15) is 0 Å². The molecule has 0 aromatic rings. The van der Waals surface area contributed by atoms with Gasteiger partial charge in [-0.25, -0.2) is 0 Å². The second kappa shape index (κ2) is 39.4. The van der Waals surface area contributed by atoms with E-state index in [0.717, 1.165) is 206 Å². The van der Waals surface area contributed by atoms with Crippen LogP contribution in [-0.4, -0.2) is 145 Å². The number of Topliss-reactive ketones (excluding diaryl/α,β-unsaturated/α-hetero) is 1. The largest absolute Gasteiger partial charge is 0.481 e. The van der Waals surface area contributed by atoms with Crippen molar-refractivity contribution in [2.45, 2.75) is 428 Å². The zero-order valence-corrected chi connectivity index (χ0v) is 78.4. The van der Waals surface area contributed by atoms with Crippen molar-refractivity contribution in [1.29, 1.82) is 0 Å². The first-order valence-corrected chi connectivity index (χ1v) is 51.2. The molecule has 0 heterocycles. The van der Waals surface area contributed by atoms with Crippen molar-refractivity contribution < 1.29 is 79.1 Å². The zero-order valence-electron chi connectivity index (χ0n) is 78.4. The van der Waals surface area contributed by atoms with Crippen molar-refractivity contribution in [3.05, 3.63) is 0 Å². The molecule has 0 aliphatic heterocycles. The number of carboxylic acid groups (broad SMARTS) is 3. The molecule has 13 rings (SSSR count). The zero-order chi connectivity index (χ0) is 87.9. The van der Waals surface area contributed by atoms with E-state index in [1.54, 1.807) is 0 Å². The number of unbranched alkanes of at least 4 members (excludes halogenated alkanes) is 11. The van der Waals surface area contributed by atoms with Gasteiger partial charge in [0.15, 0.2) is 0 Å². The molecule has 0 spiro atoms. The number of carbonyl (C=O) groups is 6. The molecule has 18 heteroatoms. The number of nitrogens with one attached hydrogen (secondary N) is 2. The number of amides is 2. The fourth-order valence-corrected chi connectivity index (χ4v) is 34.2. The fourth-order valence-electron chi connectivity index (χ4n) is 34.2. The number of aliphatic hydroxyl groups excluding tert-OH is 5. The lowest BCUT2D eigenvalue weighted by molar-refractivity contribution is -0.209. The second-order valence-electron chi connectivity index (χ2n) is 47.7. The molecular weight excluding hydrogens is 1530 g/mol. The SMILES string of the molecule is C[C@H](CCC(=O)O)[C@H]1CC[C@H]2[C@@H]3CC[C@@H]4C[C@@H](OCCCCCCCC(=O)C5(C)CC(C)(C(=O)NCCCCCCCC6CC[C@@]7(C)[C@@H](C6)C[C@@H](O)[C@@H]6[C@@H]7C[C@H](O)[C@]7(C)[C@@H]([C@H](C)CCC(=O)O)CC[C@@H]67)CC(C)(C(=O)NCCCCCCO[C@H]6CC[C@@]7(C)[C@@H](C6)C[C@@H](O)[C@@H]6[C@@H]7C[C@H](O)[C@]7(C)[C@@H]([C@H](C)CCC(=O)O)CC[C@@H]67)C5)CC[C@]4(C)[C@H]3C[C@H](O)[C@]12C. The van der Waals surface area contributed by atoms with Crippen LogP contribution in [-0.2, 0) is 38.2 Å². The van der Waals surface area contributed by atoms with E-state index in [0.29, 0.717) is 130 Å². The Morgan fingerprint density at radius 3 is 1.20 bits per heavy atom. The van der Waals surface area contributed by atoms with Crippen LogP contribution in [0.5, 0.6) is 0 Å². The quantitative estimate of drug-likeness (QED) is 0.0255. The van der Waals surface area contributed by atoms with E-state index in [9.17, 15) is 69.6 Å². The highest BCUT2D eigenvalue weighted by Gasteiger charge is 2.70. The van der Waals surface area contributed by atoms with Gasteiger partial charge in [0.1, 0.15) is 5.78 Å². The van der Waals surface area contributed by atoms with Crippen molar-refractivity contribution in [3.63, 3.8) is 0 Å². The van der Waals surface area contributed by atoms with Gasteiger partial charge in [0, 0.05) is 68.2 Å². The highest BCUT2D eigenvalue weighted by Crippen LogP contribution is 2.73. The monoisotopic (exact) mass is 1710 g/mol. The van der Waals surface area contributed by atoms with E-state index < -0.39 is 52.5 Å². The number of ether oxygens (including phenoxy) is 2. The number of hydrogen-bond acceptors (Lipinski definition) is 13. The first kappa shape index (κ1) is 96.3. The number of hydrogen-bond donors (Lipinski definition) is 10. The molecule has 0 radical (unpaired) electrons. The van der Waals surface area contributed by atoms with Crippen LogP contribution in [0.2, 0.25) is 0 Å². The number of aliphatic hydroxyl groups is 5. The Morgan fingerprint density at radius 1 is 0.361 bits per heavy atom. The summed E-state index contributed by atoms with van der Waals surface area (Å²) in [6.07, 6.45) is 39.6. The lowest BCUT2D eigenvalue weighted by Crippen LogP contribution is -2.62. The molecule has 0 saturated heterocycles. The molecule has 0 aromatic heterocycles. The van der Waals surface area contributed by atoms with Gasteiger partial charge in [0.25, 0.3) is 0 Å². The highest BCUT2D eigenvalue weighted by atomic mass is 16.5. The predicted octanol–water partition coefficient (Wildman–Crippen LogP) is 20.0. The molecule has 0 bridgehead atoms. The number of carboxylic acids is 3. The number of carbonyl (C=O) groups excluding carboxylic acids is 3. The van der Waals surface area contributed by atoms with E-state index in [2.05, 4.69) is 72.9 Å². The fraction of sp³-hybridized carbons (Fsp3) is 0.942. The molecule has 35 atom stereocenters. The minimum Gasteiger partial charge on any atom is -0.481 e. The summed E-state index contributed by atoms with van der Waals surface area (Å²) in [7, 11) is 0. The van der Waals surface area contributed by atoms with Gasteiger partial charge in [0.05, 0.1) is 42.7 Å². The standard InChI is InChI=1S/C104H174N2O16/c1-64(29-40-89(113)114)74-34-37-77-73-33-32-68-54-71(44-47-99(68,7)80(73)58-86(110)102(74,77)10)121-51-25-19-14-16-22-28-85(109)96(4)61-97(5,94(119)105-49-23-17-13-15-21-27-67-43-46-100(8)69(53-67)56-83(107)92-78-38-35-75(65(2)30-41-90(115)116)103(78,11)87(111)59-81(92)100)63-98(6,62-96)95(120)106-50-24-18-20-26-52-122-72-45-48-101(9)70(55-72)57-84(108)93-79-39-36-76(66(3)31-42-91(117)118)104(79,12)88(112)60-82(93)101/h64-84,86-88,92-93,107-108,110-112H,13-63H2,1-12H3,(H,105,119)(H,106,120)(H,113,114)(H,115,116)(H,117,118)/t64-,65-,66-,67?,68-,69+,70+,71+,72+,73+,74-,75-,76-,77+,78+,79+,80+,81+,82+,83-,84-,86+,87+,88+,92+,93+,96?,97?,98?,99+,100+,101+,102-,103-,104-/m1/s1. The molecule has 696 valence electrons. The molecule has 2 amide bonds. The second-order valence-corrected chi connectivity index (χ2v) is 47.7. The Balaban J connectivity index is 0.545. The third-order valence-electron chi connectivity index (χ3n) is 40.9. The van der Waals surface area contributed by atoms with E-state index in [4.69, 9.17) is 9.47 Å². The summed E-state index contributed by atoms with van der Waals surface area (Å²) in [6.45, 7) is 29.4. The van der Waals surface area contributed by atoms with Crippen LogP contribution in [0.1, 0.15) is 385 Å². The van der Waals surface area contributed by atoms with Crippen LogP contribution in [0.15, 0.2) is 0 Å². The van der Waals surface area contributed by atoms with Gasteiger partial charge in [0.2, 0.25) is 11.8 Å². The third-order valence-corrected chi connectivity index (χ3v) is 40.9. The van der Waals surface area contributed by atoms with Crippen molar-refractivity contribution in [1.82, 2.24) is 10.6 Å². The van der Waals surface area contributed by atoms with Gasteiger partial charge in [-0.05, 0) is 357 Å². The molecule has 122 heavy (non-hydrogen) atoms. The smallest absolute Gasteiger partial charge is 0.303 e.